The third kappa shape index (κ3) is 4.08. The summed E-state index contributed by atoms with van der Waals surface area (Å²) in [6, 6.07) is 9.95. The van der Waals surface area contributed by atoms with Crippen molar-refractivity contribution in [3.63, 3.8) is 0 Å². The van der Waals surface area contributed by atoms with Gasteiger partial charge in [-0.25, -0.2) is 13.2 Å². The summed E-state index contributed by atoms with van der Waals surface area (Å²) in [7, 11) is 1.49. The average Bonchev–Trinajstić information content (AvgIpc) is 2.76. The largest absolute Gasteiger partial charge is 0.368 e. The number of halogens is 3. The van der Waals surface area contributed by atoms with E-state index < -0.39 is 23.2 Å². The molecule has 0 atom stereocenters. The minimum atomic E-state index is -1.01. The van der Waals surface area contributed by atoms with Gasteiger partial charge >= 0.3 is 0 Å². The molecular weight excluding hydrogens is 407 g/mol. The van der Waals surface area contributed by atoms with E-state index >= 15 is 0 Å². The molecule has 2 aromatic heterocycles. The lowest BCUT2D eigenvalue weighted by atomic mass is 9.65. The maximum Gasteiger partial charge on any atom is 0.251 e. The molecular formula is C22H20F3N5O. The van der Waals surface area contributed by atoms with Gasteiger partial charge in [-0.05, 0) is 55.3 Å². The van der Waals surface area contributed by atoms with Crippen LogP contribution < -0.4 is 10.6 Å². The van der Waals surface area contributed by atoms with Gasteiger partial charge < -0.3 is 10.6 Å². The van der Waals surface area contributed by atoms with Crippen molar-refractivity contribution in [1.29, 1.82) is 0 Å². The Kier molecular flexibility index (Phi) is 5.58. The van der Waals surface area contributed by atoms with Crippen LogP contribution in [0.25, 0.3) is 11.3 Å². The minimum absolute atomic E-state index is 0.145. The first kappa shape index (κ1) is 20.8. The molecule has 160 valence electrons. The zero-order chi connectivity index (χ0) is 22.0. The van der Waals surface area contributed by atoms with Crippen LogP contribution >= 0.6 is 0 Å². The van der Waals surface area contributed by atoms with Crippen molar-refractivity contribution in [2.45, 2.75) is 24.4 Å². The third-order valence-corrected chi connectivity index (χ3v) is 5.49. The van der Waals surface area contributed by atoms with Crippen molar-refractivity contribution in [2.24, 2.45) is 0 Å². The Bertz CT molecular complexity index is 1100. The highest BCUT2D eigenvalue weighted by Gasteiger charge is 2.48. The molecule has 0 unspecified atom stereocenters. The number of anilines is 1. The number of benzene rings is 1. The molecule has 31 heavy (non-hydrogen) atoms. The molecule has 1 saturated carbocycles. The molecule has 2 N–H and O–H groups in total. The van der Waals surface area contributed by atoms with E-state index in [0.717, 1.165) is 0 Å². The normalized spacial score (nSPS) is 20.1. The van der Waals surface area contributed by atoms with E-state index in [0.29, 0.717) is 11.4 Å². The molecule has 0 saturated heterocycles. The maximum absolute atomic E-state index is 14.3. The maximum atomic E-state index is 14.3. The Hall–Kier alpha value is -3.49. The van der Waals surface area contributed by atoms with Crippen LogP contribution in [0.5, 0.6) is 0 Å². The van der Waals surface area contributed by atoms with Crippen molar-refractivity contribution in [3.8, 4) is 11.3 Å². The molecule has 4 rings (SSSR count). The van der Waals surface area contributed by atoms with Crippen LogP contribution in [-0.4, -0.2) is 40.9 Å². The highest BCUT2D eigenvalue weighted by molar-refractivity contribution is 5.95. The first-order valence-electron chi connectivity index (χ1n) is 9.76. The fourth-order valence-electron chi connectivity index (χ4n) is 3.82. The van der Waals surface area contributed by atoms with Crippen molar-refractivity contribution in [1.82, 2.24) is 20.5 Å². The van der Waals surface area contributed by atoms with Gasteiger partial charge in [0, 0.05) is 36.3 Å². The Balaban J connectivity index is 1.52. The van der Waals surface area contributed by atoms with E-state index in [4.69, 9.17) is 0 Å². The first-order valence-corrected chi connectivity index (χ1v) is 9.76. The van der Waals surface area contributed by atoms with Gasteiger partial charge in [0.05, 0.1) is 11.4 Å². The summed E-state index contributed by atoms with van der Waals surface area (Å²) in [6.45, 7) is 0.232. The summed E-state index contributed by atoms with van der Waals surface area (Å²) in [5, 5.41) is 13.6. The zero-order valence-corrected chi connectivity index (χ0v) is 16.7. The van der Waals surface area contributed by atoms with Gasteiger partial charge in [-0.3, -0.25) is 9.78 Å². The molecule has 0 radical (unpaired) electrons. The summed E-state index contributed by atoms with van der Waals surface area (Å²) < 4.78 is 42.2. The van der Waals surface area contributed by atoms with Crippen molar-refractivity contribution < 1.29 is 18.0 Å². The summed E-state index contributed by atoms with van der Waals surface area (Å²) in [4.78, 5) is 15.9. The van der Waals surface area contributed by atoms with Gasteiger partial charge in [0.2, 0.25) is 0 Å². The van der Waals surface area contributed by atoms with E-state index in [1.54, 1.807) is 12.1 Å². The Morgan fingerprint density at radius 1 is 1.13 bits per heavy atom. The zero-order valence-electron chi connectivity index (χ0n) is 16.7. The first-order chi connectivity index (χ1) is 14.9. The van der Waals surface area contributed by atoms with E-state index in [-0.39, 0.29) is 42.2 Å². The number of nitrogens with zero attached hydrogens (tertiary/aromatic N) is 3. The van der Waals surface area contributed by atoms with Crippen LogP contribution in [0.4, 0.5) is 19.0 Å². The molecule has 1 aliphatic rings. The van der Waals surface area contributed by atoms with Crippen LogP contribution in [-0.2, 0) is 5.41 Å². The third-order valence-electron chi connectivity index (χ3n) is 5.49. The van der Waals surface area contributed by atoms with Crippen LogP contribution in [0.2, 0.25) is 0 Å². The Morgan fingerprint density at radius 3 is 2.58 bits per heavy atom. The molecule has 1 aliphatic carbocycles. The number of pyridine rings is 1. The second kappa shape index (κ2) is 8.33. The summed E-state index contributed by atoms with van der Waals surface area (Å²) in [5.74, 6) is -0.962. The number of hydrogen-bond acceptors (Lipinski definition) is 5. The minimum Gasteiger partial charge on any atom is -0.368 e. The second-order valence-corrected chi connectivity index (χ2v) is 7.55. The van der Waals surface area contributed by atoms with Gasteiger partial charge in [0.1, 0.15) is 23.6 Å². The number of carbonyl (C=O) groups excluding carboxylic acids is 1. The molecule has 1 amide bonds. The predicted octanol–water partition coefficient (Wildman–Crippen LogP) is 3.66. The van der Waals surface area contributed by atoms with Gasteiger partial charge in [0.15, 0.2) is 0 Å². The topological polar surface area (TPSA) is 79.8 Å². The lowest BCUT2D eigenvalue weighted by molar-refractivity contribution is 0.0958. The number of carbonyl (C=O) groups is 1. The summed E-state index contributed by atoms with van der Waals surface area (Å²) >= 11 is 0. The molecule has 3 aromatic rings. The van der Waals surface area contributed by atoms with Crippen LogP contribution in [0, 0.1) is 11.6 Å². The smallest absolute Gasteiger partial charge is 0.251 e. The number of amides is 1. The van der Waals surface area contributed by atoms with Gasteiger partial charge in [-0.15, -0.1) is 10.2 Å². The highest BCUT2D eigenvalue weighted by atomic mass is 19.1. The number of rotatable bonds is 6. The number of hydrogen-bond donors (Lipinski definition) is 2. The van der Waals surface area contributed by atoms with Crippen LogP contribution in [0.15, 0.2) is 48.7 Å². The average molecular weight is 427 g/mol. The van der Waals surface area contributed by atoms with E-state index in [1.807, 2.05) is 0 Å². The number of nitrogens with one attached hydrogen (secondary N) is 2. The monoisotopic (exact) mass is 427 g/mol. The van der Waals surface area contributed by atoms with Crippen LogP contribution in [0.3, 0.4) is 0 Å². The van der Waals surface area contributed by atoms with Crippen molar-refractivity contribution in [3.05, 3.63) is 71.6 Å². The SMILES string of the molecule is CNC(=O)c1ccc(F)c(-c2ccc(NC[C@]3(c4ncccc4F)C[C@H](F)C3)nn2)c1. The van der Waals surface area contributed by atoms with Gasteiger partial charge in [-0.2, -0.15) is 0 Å². The lowest BCUT2D eigenvalue weighted by Crippen LogP contribution is -2.49. The van der Waals surface area contributed by atoms with E-state index in [1.165, 1.54) is 43.6 Å². The molecule has 0 spiro atoms. The molecule has 1 aromatic carbocycles. The lowest BCUT2D eigenvalue weighted by Gasteiger charge is -2.44. The quantitative estimate of drug-likeness (QED) is 0.628. The van der Waals surface area contributed by atoms with Crippen molar-refractivity contribution >= 4 is 11.7 Å². The van der Waals surface area contributed by atoms with Gasteiger partial charge in [0.25, 0.3) is 5.91 Å². The fraction of sp³-hybridized carbons (Fsp3) is 0.273. The highest BCUT2D eigenvalue weighted by Crippen LogP contribution is 2.45. The molecule has 6 nitrogen and oxygen atoms in total. The van der Waals surface area contributed by atoms with E-state index in [2.05, 4.69) is 25.8 Å². The molecule has 9 heteroatoms. The molecule has 0 aliphatic heterocycles. The second-order valence-electron chi connectivity index (χ2n) is 7.55. The summed E-state index contributed by atoms with van der Waals surface area (Å²) in [6.07, 6.45) is 0.808. The molecule has 0 bridgehead atoms. The molecule has 2 heterocycles. The number of aromatic nitrogens is 3. The Labute approximate surface area is 176 Å². The standard InChI is InChI=1S/C22H20F3N5O/c1-26-21(31)13-4-5-16(24)15(9-13)18-6-7-19(30-29-18)28-12-22(10-14(23)11-22)20-17(25)3-2-8-27-20/h2-9,14H,10-12H2,1H3,(H,26,31)(H,28,30)/t14-,22-. The predicted molar refractivity (Wildman–Crippen MR) is 109 cm³/mol. The van der Waals surface area contributed by atoms with Gasteiger partial charge in [-0.1, -0.05) is 0 Å². The number of alkyl halides is 1. The van der Waals surface area contributed by atoms with Crippen molar-refractivity contribution in [2.75, 3.05) is 18.9 Å². The molecule has 1 fully saturated rings. The Morgan fingerprint density at radius 2 is 1.94 bits per heavy atom. The summed E-state index contributed by atoms with van der Waals surface area (Å²) in [5.41, 5.74) is 0.166. The fourth-order valence-corrected chi connectivity index (χ4v) is 3.82. The van der Waals surface area contributed by atoms with Crippen LogP contribution in [0.1, 0.15) is 28.9 Å². The van der Waals surface area contributed by atoms with E-state index in [9.17, 15) is 18.0 Å².